The smallest absolute Gasteiger partial charge is 0.120 e. The molecule has 0 aliphatic carbocycles. The molecule has 0 amide bonds. The van der Waals surface area contributed by atoms with E-state index in [1.807, 2.05) is 17.5 Å². The van der Waals surface area contributed by atoms with Crippen LogP contribution >= 0.6 is 22.9 Å². The minimum absolute atomic E-state index is 0.173. The number of nitrogens with two attached hydrogens (primary N) is 1. The SMILES string of the molecule is COc1ccc(C(N)c2sccc2C)c(Cl)c1. The standard InChI is InChI=1S/C13H14ClNOS/c1-8-5-6-17-13(8)12(15)10-4-3-9(16-2)7-11(10)14/h3-7,12H,15H2,1-2H3. The number of thiophene rings is 1. The molecular formula is C13H14ClNOS. The third-order valence-electron chi connectivity index (χ3n) is 2.73. The van der Waals surface area contributed by atoms with E-state index in [4.69, 9.17) is 22.1 Å². The van der Waals surface area contributed by atoms with Crippen LogP contribution in [0.4, 0.5) is 0 Å². The van der Waals surface area contributed by atoms with Gasteiger partial charge in [-0.25, -0.2) is 0 Å². The van der Waals surface area contributed by atoms with E-state index in [9.17, 15) is 0 Å². The lowest BCUT2D eigenvalue weighted by Gasteiger charge is -2.14. The van der Waals surface area contributed by atoms with Crippen LogP contribution in [0.1, 0.15) is 22.0 Å². The number of methoxy groups -OCH3 is 1. The van der Waals surface area contributed by atoms with Crippen LogP contribution in [0.5, 0.6) is 5.75 Å². The number of hydrogen-bond donors (Lipinski definition) is 1. The molecule has 2 N–H and O–H groups in total. The Labute approximate surface area is 110 Å². The van der Waals surface area contributed by atoms with Crippen molar-refractivity contribution in [2.45, 2.75) is 13.0 Å². The summed E-state index contributed by atoms with van der Waals surface area (Å²) in [6, 6.07) is 7.49. The average molecular weight is 268 g/mol. The molecule has 1 heterocycles. The van der Waals surface area contributed by atoms with Crippen molar-refractivity contribution in [3.63, 3.8) is 0 Å². The first-order valence-corrected chi connectivity index (χ1v) is 6.52. The molecule has 2 aromatic rings. The molecule has 1 aromatic carbocycles. The number of rotatable bonds is 3. The van der Waals surface area contributed by atoms with Crippen LogP contribution in [-0.4, -0.2) is 7.11 Å². The highest BCUT2D eigenvalue weighted by Gasteiger charge is 2.16. The van der Waals surface area contributed by atoms with Crippen molar-refractivity contribution in [1.29, 1.82) is 0 Å². The summed E-state index contributed by atoms with van der Waals surface area (Å²) in [6.45, 7) is 2.06. The average Bonchev–Trinajstić information content (AvgIpc) is 2.74. The van der Waals surface area contributed by atoms with E-state index in [2.05, 4.69) is 13.0 Å². The second kappa shape index (κ2) is 5.08. The highest BCUT2D eigenvalue weighted by molar-refractivity contribution is 7.10. The van der Waals surface area contributed by atoms with E-state index in [-0.39, 0.29) is 6.04 Å². The first-order valence-electron chi connectivity index (χ1n) is 5.26. The molecule has 0 aliphatic heterocycles. The molecule has 0 spiro atoms. The Balaban J connectivity index is 2.38. The van der Waals surface area contributed by atoms with Crippen molar-refractivity contribution in [2.75, 3.05) is 7.11 Å². The van der Waals surface area contributed by atoms with Crippen molar-refractivity contribution >= 4 is 22.9 Å². The van der Waals surface area contributed by atoms with Gasteiger partial charge in [0.25, 0.3) is 0 Å². The van der Waals surface area contributed by atoms with Gasteiger partial charge in [-0.05, 0) is 41.6 Å². The summed E-state index contributed by atoms with van der Waals surface area (Å²) in [6.07, 6.45) is 0. The molecule has 2 nitrogen and oxygen atoms in total. The summed E-state index contributed by atoms with van der Waals surface area (Å²) >= 11 is 7.87. The molecule has 1 atom stereocenters. The number of hydrogen-bond acceptors (Lipinski definition) is 3. The van der Waals surface area contributed by atoms with Crippen LogP contribution in [0.3, 0.4) is 0 Å². The van der Waals surface area contributed by atoms with E-state index >= 15 is 0 Å². The monoisotopic (exact) mass is 267 g/mol. The molecule has 0 radical (unpaired) electrons. The van der Waals surface area contributed by atoms with E-state index in [0.29, 0.717) is 5.02 Å². The number of ether oxygens (including phenoxy) is 1. The maximum atomic E-state index is 6.24. The molecule has 0 aliphatic rings. The van der Waals surface area contributed by atoms with Gasteiger partial charge < -0.3 is 10.5 Å². The van der Waals surface area contributed by atoms with Gasteiger partial charge in [0.05, 0.1) is 13.2 Å². The Hall–Kier alpha value is -1.03. The van der Waals surface area contributed by atoms with Crippen LogP contribution in [0.2, 0.25) is 5.02 Å². The summed E-state index contributed by atoms with van der Waals surface area (Å²) < 4.78 is 5.12. The van der Waals surface area contributed by atoms with Crippen molar-refractivity contribution in [3.05, 3.63) is 50.7 Å². The maximum absolute atomic E-state index is 6.24. The summed E-state index contributed by atoms with van der Waals surface area (Å²) in [5.74, 6) is 0.744. The van der Waals surface area contributed by atoms with Crippen LogP contribution in [0.25, 0.3) is 0 Å². The van der Waals surface area contributed by atoms with Gasteiger partial charge in [0, 0.05) is 9.90 Å². The topological polar surface area (TPSA) is 35.2 Å². The first kappa shape index (κ1) is 12.4. The van der Waals surface area contributed by atoms with Crippen molar-refractivity contribution in [3.8, 4) is 5.75 Å². The van der Waals surface area contributed by atoms with E-state index in [1.165, 1.54) is 5.56 Å². The highest BCUT2D eigenvalue weighted by atomic mass is 35.5. The van der Waals surface area contributed by atoms with Gasteiger partial charge in [-0.1, -0.05) is 17.7 Å². The van der Waals surface area contributed by atoms with Crippen LogP contribution in [0.15, 0.2) is 29.6 Å². The Morgan fingerprint density at radius 2 is 2.12 bits per heavy atom. The molecule has 0 saturated heterocycles. The zero-order chi connectivity index (χ0) is 12.4. The predicted octanol–water partition coefficient (Wildman–Crippen LogP) is 3.77. The lowest BCUT2D eigenvalue weighted by atomic mass is 10.0. The second-order valence-electron chi connectivity index (χ2n) is 3.83. The van der Waals surface area contributed by atoms with Crippen molar-refractivity contribution in [2.24, 2.45) is 5.73 Å². The fraction of sp³-hybridized carbons (Fsp3) is 0.231. The van der Waals surface area contributed by atoms with E-state index < -0.39 is 0 Å². The van der Waals surface area contributed by atoms with Crippen LogP contribution in [0, 0.1) is 6.92 Å². The first-order chi connectivity index (χ1) is 8.13. The lowest BCUT2D eigenvalue weighted by Crippen LogP contribution is -2.11. The molecule has 4 heteroatoms. The predicted molar refractivity (Wildman–Crippen MR) is 73.1 cm³/mol. The Morgan fingerprint density at radius 3 is 2.65 bits per heavy atom. The minimum atomic E-state index is -0.173. The van der Waals surface area contributed by atoms with E-state index in [1.54, 1.807) is 24.5 Å². The quantitative estimate of drug-likeness (QED) is 0.919. The van der Waals surface area contributed by atoms with Gasteiger partial charge >= 0.3 is 0 Å². The van der Waals surface area contributed by atoms with Gasteiger partial charge in [-0.3, -0.25) is 0 Å². The fourth-order valence-electron chi connectivity index (χ4n) is 1.73. The molecule has 2 rings (SSSR count). The van der Waals surface area contributed by atoms with Gasteiger partial charge in [0.2, 0.25) is 0 Å². The molecule has 0 fully saturated rings. The third-order valence-corrected chi connectivity index (χ3v) is 4.16. The Morgan fingerprint density at radius 1 is 1.35 bits per heavy atom. The molecule has 1 unspecified atom stereocenters. The summed E-state index contributed by atoms with van der Waals surface area (Å²) in [4.78, 5) is 1.15. The molecular weight excluding hydrogens is 254 g/mol. The van der Waals surface area contributed by atoms with Gasteiger partial charge in [-0.2, -0.15) is 0 Å². The lowest BCUT2D eigenvalue weighted by molar-refractivity contribution is 0.414. The summed E-state index contributed by atoms with van der Waals surface area (Å²) in [5.41, 5.74) is 8.37. The van der Waals surface area contributed by atoms with Gasteiger partial charge in [0.15, 0.2) is 0 Å². The van der Waals surface area contributed by atoms with Crippen LogP contribution < -0.4 is 10.5 Å². The zero-order valence-corrected chi connectivity index (χ0v) is 11.3. The minimum Gasteiger partial charge on any atom is -0.497 e. The summed E-state index contributed by atoms with van der Waals surface area (Å²) in [5, 5.41) is 2.69. The highest BCUT2D eigenvalue weighted by Crippen LogP contribution is 2.33. The van der Waals surface area contributed by atoms with Gasteiger partial charge in [-0.15, -0.1) is 11.3 Å². The Bertz CT molecular complexity index is 524. The maximum Gasteiger partial charge on any atom is 0.120 e. The number of aryl methyl sites for hydroxylation is 1. The summed E-state index contributed by atoms with van der Waals surface area (Å²) in [7, 11) is 1.62. The second-order valence-corrected chi connectivity index (χ2v) is 5.19. The molecule has 1 aromatic heterocycles. The fourth-order valence-corrected chi connectivity index (χ4v) is 2.97. The van der Waals surface area contributed by atoms with Crippen LogP contribution in [-0.2, 0) is 0 Å². The third kappa shape index (κ3) is 2.46. The normalized spacial score (nSPS) is 12.5. The van der Waals surface area contributed by atoms with Crippen molar-refractivity contribution < 1.29 is 4.74 Å². The zero-order valence-electron chi connectivity index (χ0n) is 9.74. The molecule has 0 bridgehead atoms. The number of halogens is 1. The molecule has 90 valence electrons. The van der Waals surface area contributed by atoms with Gasteiger partial charge in [0.1, 0.15) is 5.75 Å². The molecule has 0 saturated carbocycles. The largest absolute Gasteiger partial charge is 0.497 e. The molecule has 17 heavy (non-hydrogen) atoms. The van der Waals surface area contributed by atoms with Crippen molar-refractivity contribution in [1.82, 2.24) is 0 Å². The number of benzene rings is 1. The van der Waals surface area contributed by atoms with E-state index in [0.717, 1.165) is 16.2 Å². The Kier molecular flexibility index (Phi) is 3.72.